The van der Waals surface area contributed by atoms with Gasteiger partial charge in [-0.1, -0.05) is 26.2 Å². The number of carbonyl (C=O) groups is 1. The van der Waals surface area contributed by atoms with Gasteiger partial charge in [-0.05, 0) is 32.1 Å². The Balaban J connectivity index is 2.38. The van der Waals surface area contributed by atoms with Gasteiger partial charge >= 0.3 is 5.97 Å². The minimum absolute atomic E-state index is 0.0293. The molecule has 0 radical (unpaired) electrons. The third kappa shape index (κ3) is 3.69. The summed E-state index contributed by atoms with van der Waals surface area (Å²) < 4.78 is 5.07. The third-order valence-corrected chi connectivity index (χ3v) is 3.13. The molecule has 2 atom stereocenters. The van der Waals surface area contributed by atoms with E-state index in [2.05, 4.69) is 6.92 Å². The summed E-state index contributed by atoms with van der Waals surface area (Å²) in [5.74, 6) is 0.992. The highest BCUT2D eigenvalue weighted by molar-refractivity contribution is 5.72. The highest BCUT2D eigenvalue weighted by Crippen LogP contribution is 2.26. The lowest BCUT2D eigenvalue weighted by Crippen LogP contribution is -2.20. The maximum Gasteiger partial charge on any atom is 0.308 e. The molecule has 2 heteroatoms. The predicted molar refractivity (Wildman–Crippen MR) is 57.0 cm³/mol. The van der Waals surface area contributed by atoms with Crippen molar-refractivity contribution in [3.63, 3.8) is 0 Å². The fraction of sp³-hybridized carbons (Fsp3) is 0.917. The van der Waals surface area contributed by atoms with Gasteiger partial charge in [-0.15, -0.1) is 0 Å². The SMILES string of the molecule is CCOC(=O)[C@@H]1CCCC[C@H](C)CC1. The second-order valence-electron chi connectivity index (χ2n) is 4.42. The minimum Gasteiger partial charge on any atom is -0.466 e. The van der Waals surface area contributed by atoms with Crippen molar-refractivity contribution >= 4 is 5.97 Å². The highest BCUT2D eigenvalue weighted by atomic mass is 16.5. The number of ether oxygens (including phenoxy) is 1. The van der Waals surface area contributed by atoms with Crippen LogP contribution in [0.5, 0.6) is 0 Å². The van der Waals surface area contributed by atoms with E-state index in [4.69, 9.17) is 4.74 Å². The Bertz CT molecular complexity index is 177. The van der Waals surface area contributed by atoms with Crippen molar-refractivity contribution in [2.24, 2.45) is 11.8 Å². The average molecular weight is 198 g/mol. The molecule has 0 aromatic rings. The average Bonchev–Trinajstić information content (AvgIpc) is 2.12. The maximum atomic E-state index is 11.5. The summed E-state index contributed by atoms with van der Waals surface area (Å²) in [6, 6.07) is 0. The van der Waals surface area contributed by atoms with Gasteiger partial charge < -0.3 is 4.74 Å². The lowest BCUT2D eigenvalue weighted by Gasteiger charge is -2.21. The minimum atomic E-state index is 0.0293. The molecule has 0 N–H and O–H groups in total. The molecule has 1 saturated carbocycles. The van der Waals surface area contributed by atoms with Crippen molar-refractivity contribution in [2.45, 2.75) is 52.4 Å². The molecular weight excluding hydrogens is 176 g/mol. The third-order valence-electron chi connectivity index (χ3n) is 3.13. The monoisotopic (exact) mass is 198 g/mol. The Labute approximate surface area is 87.0 Å². The van der Waals surface area contributed by atoms with Crippen LogP contribution in [0.4, 0.5) is 0 Å². The number of esters is 1. The van der Waals surface area contributed by atoms with Gasteiger partial charge in [-0.25, -0.2) is 0 Å². The first kappa shape index (κ1) is 11.5. The van der Waals surface area contributed by atoms with Crippen LogP contribution >= 0.6 is 0 Å². The van der Waals surface area contributed by atoms with E-state index in [9.17, 15) is 4.79 Å². The Morgan fingerprint density at radius 3 is 2.64 bits per heavy atom. The van der Waals surface area contributed by atoms with Crippen LogP contribution in [0.15, 0.2) is 0 Å². The van der Waals surface area contributed by atoms with E-state index >= 15 is 0 Å². The first-order valence-electron chi connectivity index (χ1n) is 5.90. The molecule has 1 fully saturated rings. The van der Waals surface area contributed by atoms with Crippen LogP contribution in [-0.4, -0.2) is 12.6 Å². The molecule has 0 amide bonds. The molecule has 0 spiro atoms. The van der Waals surface area contributed by atoms with Gasteiger partial charge in [-0.2, -0.15) is 0 Å². The van der Waals surface area contributed by atoms with Crippen LogP contribution in [0.2, 0.25) is 0 Å². The molecule has 0 unspecified atom stereocenters. The fourth-order valence-corrected chi connectivity index (χ4v) is 2.15. The molecule has 0 heterocycles. The second kappa shape index (κ2) is 6.05. The van der Waals surface area contributed by atoms with Crippen LogP contribution in [0, 0.1) is 11.8 Å². The highest BCUT2D eigenvalue weighted by Gasteiger charge is 2.21. The largest absolute Gasteiger partial charge is 0.466 e. The maximum absolute atomic E-state index is 11.5. The Morgan fingerprint density at radius 2 is 1.93 bits per heavy atom. The molecule has 2 nitrogen and oxygen atoms in total. The van der Waals surface area contributed by atoms with Crippen molar-refractivity contribution in [2.75, 3.05) is 6.61 Å². The van der Waals surface area contributed by atoms with Crippen LogP contribution in [0.1, 0.15) is 52.4 Å². The fourth-order valence-electron chi connectivity index (χ4n) is 2.15. The van der Waals surface area contributed by atoms with E-state index in [-0.39, 0.29) is 11.9 Å². The molecule has 0 aromatic carbocycles. The molecular formula is C12H22O2. The van der Waals surface area contributed by atoms with Crippen molar-refractivity contribution in [1.82, 2.24) is 0 Å². The van der Waals surface area contributed by atoms with Crippen LogP contribution < -0.4 is 0 Å². The number of hydrogen-bond donors (Lipinski definition) is 0. The summed E-state index contributed by atoms with van der Waals surface area (Å²) in [7, 11) is 0. The number of hydrogen-bond acceptors (Lipinski definition) is 2. The molecule has 14 heavy (non-hydrogen) atoms. The van der Waals surface area contributed by atoms with E-state index < -0.39 is 0 Å². The van der Waals surface area contributed by atoms with Gasteiger partial charge in [0.05, 0.1) is 12.5 Å². The second-order valence-corrected chi connectivity index (χ2v) is 4.42. The van der Waals surface area contributed by atoms with E-state index in [1.54, 1.807) is 0 Å². The van der Waals surface area contributed by atoms with E-state index in [0.717, 1.165) is 18.8 Å². The Hall–Kier alpha value is -0.530. The number of rotatable bonds is 2. The summed E-state index contributed by atoms with van der Waals surface area (Å²) >= 11 is 0. The zero-order chi connectivity index (χ0) is 10.4. The van der Waals surface area contributed by atoms with E-state index in [1.807, 2.05) is 6.92 Å². The summed E-state index contributed by atoms with van der Waals surface area (Å²) in [6.45, 7) is 4.68. The van der Waals surface area contributed by atoms with Crippen molar-refractivity contribution < 1.29 is 9.53 Å². The molecule has 0 saturated heterocycles. The first-order chi connectivity index (χ1) is 6.74. The Morgan fingerprint density at radius 1 is 1.21 bits per heavy atom. The zero-order valence-electron chi connectivity index (χ0n) is 9.42. The molecule has 0 bridgehead atoms. The van der Waals surface area contributed by atoms with Gasteiger partial charge in [0.25, 0.3) is 0 Å². The summed E-state index contributed by atoms with van der Waals surface area (Å²) in [5, 5.41) is 0. The molecule has 0 aromatic heterocycles. The van der Waals surface area contributed by atoms with Crippen LogP contribution in [-0.2, 0) is 9.53 Å². The van der Waals surface area contributed by atoms with Gasteiger partial charge in [0, 0.05) is 0 Å². The molecule has 82 valence electrons. The van der Waals surface area contributed by atoms with Gasteiger partial charge in [0.2, 0.25) is 0 Å². The number of carbonyl (C=O) groups excluding carboxylic acids is 1. The van der Waals surface area contributed by atoms with E-state index in [1.165, 1.54) is 25.7 Å². The zero-order valence-corrected chi connectivity index (χ0v) is 9.42. The Kier molecular flexibility index (Phi) is 4.99. The normalized spacial score (nSPS) is 29.0. The van der Waals surface area contributed by atoms with E-state index in [0.29, 0.717) is 6.61 Å². The quantitative estimate of drug-likeness (QED) is 0.637. The molecule has 1 aliphatic rings. The summed E-state index contributed by atoms with van der Waals surface area (Å²) in [4.78, 5) is 11.5. The predicted octanol–water partition coefficient (Wildman–Crippen LogP) is 3.16. The summed E-state index contributed by atoms with van der Waals surface area (Å²) in [6.07, 6.45) is 7.04. The first-order valence-corrected chi connectivity index (χ1v) is 5.90. The van der Waals surface area contributed by atoms with Crippen molar-refractivity contribution in [3.05, 3.63) is 0 Å². The van der Waals surface area contributed by atoms with Crippen LogP contribution in [0.25, 0.3) is 0 Å². The van der Waals surface area contributed by atoms with Gasteiger partial charge in [-0.3, -0.25) is 4.79 Å². The lowest BCUT2D eigenvalue weighted by molar-refractivity contribution is -0.148. The van der Waals surface area contributed by atoms with Crippen molar-refractivity contribution in [1.29, 1.82) is 0 Å². The molecule has 1 aliphatic carbocycles. The van der Waals surface area contributed by atoms with Gasteiger partial charge in [0.15, 0.2) is 0 Å². The van der Waals surface area contributed by atoms with Gasteiger partial charge in [0.1, 0.15) is 0 Å². The smallest absolute Gasteiger partial charge is 0.308 e. The summed E-state index contributed by atoms with van der Waals surface area (Å²) in [5.41, 5.74) is 0. The molecule has 1 rings (SSSR count). The van der Waals surface area contributed by atoms with Crippen LogP contribution in [0.3, 0.4) is 0 Å². The standard InChI is InChI=1S/C12H22O2/c1-3-14-12(13)11-7-5-4-6-10(2)8-9-11/h10-11H,3-9H2,1-2H3/t10-,11+/m0/s1. The van der Waals surface area contributed by atoms with Crippen molar-refractivity contribution in [3.8, 4) is 0 Å². The molecule has 0 aliphatic heterocycles. The lowest BCUT2D eigenvalue weighted by atomic mass is 9.86. The topological polar surface area (TPSA) is 26.3 Å².